The molecule has 1 saturated heterocycles. The predicted molar refractivity (Wildman–Crippen MR) is 47.5 cm³/mol. The third kappa shape index (κ3) is 1.48. The lowest BCUT2D eigenvalue weighted by Gasteiger charge is -2.29. The lowest BCUT2D eigenvalue weighted by Crippen LogP contribution is -2.38. The van der Waals surface area contributed by atoms with Crippen LogP contribution in [0.4, 0.5) is 0 Å². The smallest absolute Gasteiger partial charge is 0.0107 e. The maximum atomic E-state index is 3.78. The molecule has 1 saturated carbocycles. The van der Waals surface area contributed by atoms with Gasteiger partial charge >= 0.3 is 0 Å². The van der Waals surface area contributed by atoms with Gasteiger partial charge in [0, 0.05) is 6.04 Å². The third-order valence-electron chi connectivity index (χ3n) is 3.18. The summed E-state index contributed by atoms with van der Waals surface area (Å²) < 4.78 is 0. The number of rotatable bonds is 2. The summed E-state index contributed by atoms with van der Waals surface area (Å²) >= 11 is 0. The summed E-state index contributed by atoms with van der Waals surface area (Å²) in [5.74, 6) is 0. The molecule has 11 heavy (non-hydrogen) atoms. The normalized spacial score (nSPS) is 33.6. The molecule has 0 aromatic carbocycles. The zero-order valence-electron chi connectivity index (χ0n) is 7.10. The van der Waals surface area contributed by atoms with Crippen molar-refractivity contribution in [1.82, 2.24) is 5.32 Å². The fourth-order valence-electron chi connectivity index (χ4n) is 2.24. The van der Waals surface area contributed by atoms with Crippen LogP contribution >= 0.6 is 0 Å². The lowest BCUT2D eigenvalue weighted by atomic mass is 9.88. The molecule has 1 heteroatoms. The van der Waals surface area contributed by atoms with Crippen LogP contribution in [0.1, 0.15) is 32.1 Å². The molecule has 1 heterocycles. The Labute approximate surface area is 68.9 Å². The van der Waals surface area contributed by atoms with E-state index in [0.717, 1.165) is 17.9 Å². The van der Waals surface area contributed by atoms with Crippen molar-refractivity contribution in [2.75, 3.05) is 6.54 Å². The maximum Gasteiger partial charge on any atom is 0.0107 e. The molecule has 2 rings (SSSR count). The highest BCUT2D eigenvalue weighted by Gasteiger charge is 2.45. The summed E-state index contributed by atoms with van der Waals surface area (Å²) in [7, 11) is 0. The van der Waals surface area contributed by atoms with Crippen LogP contribution in [-0.4, -0.2) is 12.6 Å². The minimum Gasteiger partial charge on any atom is -0.314 e. The number of nitrogens with one attached hydrogen (secondary N) is 1. The second-order valence-electron chi connectivity index (χ2n) is 4.13. The van der Waals surface area contributed by atoms with E-state index in [2.05, 4.69) is 11.9 Å². The highest BCUT2D eigenvalue weighted by atomic mass is 14.9. The van der Waals surface area contributed by atoms with Crippen molar-refractivity contribution in [1.29, 1.82) is 0 Å². The summed E-state index contributed by atoms with van der Waals surface area (Å²) in [5, 5.41) is 3.54. The Morgan fingerprint density at radius 2 is 2.27 bits per heavy atom. The van der Waals surface area contributed by atoms with Crippen LogP contribution < -0.4 is 5.32 Å². The Balaban J connectivity index is 1.88. The first-order valence-corrected chi connectivity index (χ1v) is 4.69. The van der Waals surface area contributed by atoms with Gasteiger partial charge in [-0.2, -0.15) is 0 Å². The van der Waals surface area contributed by atoms with E-state index in [1.165, 1.54) is 32.2 Å². The van der Waals surface area contributed by atoms with E-state index in [4.69, 9.17) is 0 Å². The molecule has 0 aromatic rings. The van der Waals surface area contributed by atoms with Crippen molar-refractivity contribution in [3.63, 3.8) is 0 Å². The van der Waals surface area contributed by atoms with E-state index < -0.39 is 0 Å². The average molecular weight is 151 g/mol. The molecular weight excluding hydrogens is 134 g/mol. The van der Waals surface area contributed by atoms with Gasteiger partial charge in [-0.1, -0.05) is 6.08 Å². The van der Waals surface area contributed by atoms with Gasteiger partial charge in [-0.3, -0.25) is 0 Å². The Kier molecular flexibility index (Phi) is 1.76. The Hall–Kier alpha value is -0.300. The van der Waals surface area contributed by atoms with Gasteiger partial charge in [0.05, 0.1) is 0 Å². The minimum absolute atomic E-state index is 0.740. The van der Waals surface area contributed by atoms with Crippen LogP contribution in [0.25, 0.3) is 0 Å². The van der Waals surface area contributed by atoms with Crippen LogP contribution in [0.5, 0.6) is 0 Å². The van der Waals surface area contributed by atoms with E-state index in [1.807, 2.05) is 6.08 Å². The van der Waals surface area contributed by atoms with Gasteiger partial charge < -0.3 is 5.32 Å². The van der Waals surface area contributed by atoms with E-state index in [0.29, 0.717) is 0 Å². The highest BCUT2D eigenvalue weighted by molar-refractivity contribution is 5.00. The van der Waals surface area contributed by atoms with Crippen LogP contribution in [0.3, 0.4) is 0 Å². The first-order chi connectivity index (χ1) is 5.35. The van der Waals surface area contributed by atoms with E-state index >= 15 is 0 Å². The molecule has 1 nitrogen and oxygen atoms in total. The monoisotopic (exact) mass is 151 g/mol. The molecule has 1 unspecified atom stereocenters. The van der Waals surface area contributed by atoms with Gasteiger partial charge in [-0.25, -0.2) is 0 Å². The van der Waals surface area contributed by atoms with Crippen molar-refractivity contribution in [3.05, 3.63) is 12.7 Å². The van der Waals surface area contributed by atoms with Crippen LogP contribution in [0.15, 0.2) is 12.7 Å². The van der Waals surface area contributed by atoms with Crippen molar-refractivity contribution in [2.45, 2.75) is 38.1 Å². The molecular formula is C10H17N. The molecule has 0 radical (unpaired) electrons. The van der Waals surface area contributed by atoms with Crippen LogP contribution in [-0.2, 0) is 0 Å². The summed E-state index contributed by atoms with van der Waals surface area (Å²) in [6.07, 6.45) is 8.99. The molecule has 2 fully saturated rings. The van der Waals surface area contributed by atoms with Gasteiger partial charge in [-0.15, -0.1) is 6.58 Å². The predicted octanol–water partition coefficient (Wildman–Crippen LogP) is 2.09. The number of hydrogen-bond donors (Lipinski definition) is 1. The van der Waals surface area contributed by atoms with Crippen molar-refractivity contribution < 1.29 is 0 Å². The van der Waals surface area contributed by atoms with Gasteiger partial charge in [-0.05, 0) is 44.1 Å². The molecule has 0 bridgehead atoms. The molecule has 1 spiro atoms. The fourth-order valence-corrected chi connectivity index (χ4v) is 2.24. The Bertz CT molecular complexity index is 158. The van der Waals surface area contributed by atoms with Crippen LogP contribution in [0, 0.1) is 5.41 Å². The quantitative estimate of drug-likeness (QED) is 0.596. The van der Waals surface area contributed by atoms with Gasteiger partial charge in [0.15, 0.2) is 0 Å². The van der Waals surface area contributed by atoms with Gasteiger partial charge in [0.1, 0.15) is 0 Å². The highest BCUT2D eigenvalue weighted by Crippen LogP contribution is 2.53. The summed E-state index contributed by atoms with van der Waals surface area (Å²) in [5.41, 5.74) is 0.791. The largest absolute Gasteiger partial charge is 0.314 e. The van der Waals surface area contributed by atoms with Crippen LogP contribution in [0.2, 0.25) is 0 Å². The maximum absolute atomic E-state index is 3.78. The van der Waals surface area contributed by atoms with E-state index in [9.17, 15) is 0 Å². The number of hydrogen-bond acceptors (Lipinski definition) is 1. The van der Waals surface area contributed by atoms with Crippen molar-refractivity contribution in [2.24, 2.45) is 5.41 Å². The fraction of sp³-hybridized carbons (Fsp3) is 0.800. The molecule has 62 valence electrons. The molecule has 1 N–H and O–H groups in total. The van der Waals surface area contributed by atoms with E-state index in [1.54, 1.807) is 0 Å². The van der Waals surface area contributed by atoms with Crippen molar-refractivity contribution >= 4 is 0 Å². The molecule has 2 aliphatic rings. The average Bonchev–Trinajstić information content (AvgIpc) is 2.70. The Morgan fingerprint density at radius 3 is 2.91 bits per heavy atom. The van der Waals surface area contributed by atoms with Gasteiger partial charge in [0.25, 0.3) is 0 Å². The first-order valence-electron chi connectivity index (χ1n) is 4.69. The lowest BCUT2D eigenvalue weighted by molar-refractivity contribution is 0.284. The molecule has 1 aliphatic carbocycles. The summed E-state index contributed by atoms with van der Waals surface area (Å²) in [6, 6.07) is 0.740. The summed E-state index contributed by atoms with van der Waals surface area (Å²) in [4.78, 5) is 0. The second-order valence-corrected chi connectivity index (χ2v) is 4.13. The standard InChI is InChI=1S/C10H17N/c1-2-3-9-8-10(4-5-10)6-7-11-9/h2,9,11H,1,3-8H2. The zero-order chi connectivity index (χ0) is 7.73. The SMILES string of the molecule is C=CCC1CC2(CCN1)CC2. The number of piperidine rings is 1. The summed E-state index contributed by atoms with van der Waals surface area (Å²) in [6.45, 7) is 5.02. The topological polar surface area (TPSA) is 12.0 Å². The Morgan fingerprint density at radius 1 is 1.45 bits per heavy atom. The zero-order valence-corrected chi connectivity index (χ0v) is 7.10. The molecule has 1 aliphatic heterocycles. The van der Waals surface area contributed by atoms with Gasteiger partial charge in [0.2, 0.25) is 0 Å². The molecule has 1 atom stereocenters. The molecule has 0 aromatic heterocycles. The van der Waals surface area contributed by atoms with Crippen molar-refractivity contribution in [3.8, 4) is 0 Å². The van der Waals surface area contributed by atoms with E-state index in [-0.39, 0.29) is 0 Å². The first kappa shape index (κ1) is 7.35. The minimum atomic E-state index is 0.740. The molecule has 0 amide bonds. The second kappa shape index (κ2) is 2.63. The third-order valence-corrected chi connectivity index (χ3v) is 3.18.